The number of nitro groups is 1. The third kappa shape index (κ3) is 3.21. The third-order valence-electron chi connectivity index (χ3n) is 3.46. The van der Waals surface area contributed by atoms with Gasteiger partial charge in [-0.2, -0.15) is 4.31 Å². The molecular weight excluding hydrogens is 299 g/mol. The lowest BCUT2D eigenvalue weighted by atomic mass is 9.84. The predicted octanol–water partition coefficient (Wildman–Crippen LogP) is 2.35. The van der Waals surface area contributed by atoms with Crippen LogP contribution in [0.15, 0.2) is 29.2 Å². The zero-order valence-electron chi connectivity index (χ0n) is 11.8. The highest BCUT2D eigenvalue weighted by molar-refractivity contribution is 7.89. The van der Waals surface area contributed by atoms with Gasteiger partial charge in [0.25, 0.3) is 5.69 Å². The van der Waals surface area contributed by atoms with Crippen LogP contribution in [0.3, 0.4) is 0 Å². The molecule has 1 aromatic rings. The van der Waals surface area contributed by atoms with E-state index in [1.165, 1.54) is 18.2 Å². The van der Waals surface area contributed by atoms with Crippen LogP contribution in [0.2, 0.25) is 0 Å². The van der Waals surface area contributed by atoms with Crippen molar-refractivity contribution in [3.8, 4) is 0 Å². The molecule has 0 spiro atoms. The molecule has 0 amide bonds. The number of benzene rings is 1. The van der Waals surface area contributed by atoms with Crippen molar-refractivity contribution >= 4 is 15.7 Å². The van der Waals surface area contributed by atoms with Crippen molar-refractivity contribution in [2.45, 2.75) is 31.3 Å². The lowest BCUT2D eigenvalue weighted by Gasteiger charge is -2.38. The Morgan fingerprint density at radius 2 is 2.00 bits per heavy atom. The molecule has 1 unspecified atom stereocenters. The lowest BCUT2D eigenvalue weighted by molar-refractivity contribution is -0.387. The third-order valence-corrected chi connectivity index (χ3v) is 5.32. The summed E-state index contributed by atoms with van der Waals surface area (Å²) in [6, 6.07) is 5.13. The summed E-state index contributed by atoms with van der Waals surface area (Å²) >= 11 is 0. The number of nitro benzene ring substituents is 1. The number of sulfonamides is 1. The first-order valence-corrected chi connectivity index (χ1v) is 7.95. The summed E-state index contributed by atoms with van der Waals surface area (Å²) in [5.41, 5.74) is -0.995. The number of alkyl halides is 1. The van der Waals surface area contributed by atoms with E-state index in [2.05, 4.69) is 0 Å². The van der Waals surface area contributed by atoms with Gasteiger partial charge >= 0.3 is 0 Å². The molecular formula is C13H17FN2O4S. The van der Waals surface area contributed by atoms with Gasteiger partial charge in [0.2, 0.25) is 10.0 Å². The summed E-state index contributed by atoms with van der Waals surface area (Å²) in [6.07, 6.45) is -0.998. The standard InChI is InChI=1S/C13H17FN2O4S/c1-13(2)7-10(14)8-15(9-13)21(19,20)12-6-4-3-5-11(12)16(17)18/h3-6,10H,7-9H2,1-2H3. The van der Waals surface area contributed by atoms with Gasteiger partial charge in [0.1, 0.15) is 6.17 Å². The first-order chi connectivity index (χ1) is 9.63. The fourth-order valence-corrected chi connectivity index (χ4v) is 4.45. The van der Waals surface area contributed by atoms with Gasteiger partial charge in [0, 0.05) is 19.2 Å². The second kappa shape index (κ2) is 5.34. The Kier molecular flexibility index (Phi) is 4.03. The maximum atomic E-state index is 13.8. The Morgan fingerprint density at radius 1 is 1.38 bits per heavy atom. The lowest BCUT2D eigenvalue weighted by Crippen LogP contribution is -2.48. The van der Waals surface area contributed by atoms with Gasteiger partial charge in [-0.05, 0) is 17.9 Å². The Morgan fingerprint density at radius 3 is 2.57 bits per heavy atom. The number of para-hydroxylation sites is 1. The average Bonchev–Trinajstić information content (AvgIpc) is 2.36. The van der Waals surface area contributed by atoms with E-state index >= 15 is 0 Å². The van der Waals surface area contributed by atoms with Crippen LogP contribution in [0.1, 0.15) is 20.3 Å². The van der Waals surface area contributed by atoms with E-state index in [1.54, 1.807) is 13.8 Å². The molecule has 1 aliphatic heterocycles. The van der Waals surface area contributed by atoms with Crippen molar-refractivity contribution < 1.29 is 17.7 Å². The average molecular weight is 316 g/mol. The molecule has 8 heteroatoms. The van der Waals surface area contributed by atoms with E-state index in [0.29, 0.717) is 0 Å². The highest BCUT2D eigenvalue weighted by Crippen LogP contribution is 2.35. The Hall–Kier alpha value is -1.54. The SMILES string of the molecule is CC1(C)CC(F)CN(S(=O)(=O)c2ccccc2[N+](=O)[O-])C1. The van der Waals surface area contributed by atoms with E-state index in [-0.39, 0.29) is 24.4 Å². The minimum atomic E-state index is -4.09. The number of piperidine rings is 1. The summed E-state index contributed by atoms with van der Waals surface area (Å²) in [6.45, 7) is 3.43. The van der Waals surface area contributed by atoms with Crippen LogP contribution < -0.4 is 0 Å². The van der Waals surface area contributed by atoms with Crippen LogP contribution in [0.4, 0.5) is 10.1 Å². The van der Waals surface area contributed by atoms with E-state index < -0.39 is 32.2 Å². The van der Waals surface area contributed by atoms with Crippen LogP contribution in [0.5, 0.6) is 0 Å². The first-order valence-electron chi connectivity index (χ1n) is 6.51. The van der Waals surface area contributed by atoms with Gasteiger partial charge in [0.15, 0.2) is 4.90 Å². The summed E-state index contributed by atoms with van der Waals surface area (Å²) in [5, 5.41) is 11.0. The molecule has 1 atom stereocenters. The molecule has 0 bridgehead atoms. The van der Waals surface area contributed by atoms with E-state index in [9.17, 15) is 22.9 Å². The molecule has 1 saturated heterocycles. The van der Waals surface area contributed by atoms with Gasteiger partial charge in [-0.3, -0.25) is 10.1 Å². The Balaban J connectivity index is 2.45. The minimum Gasteiger partial charge on any atom is -0.258 e. The molecule has 21 heavy (non-hydrogen) atoms. The summed E-state index contributed by atoms with van der Waals surface area (Å²) in [4.78, 5) is 9.86. The van der Waals surface area contributed by atoms with Crippen LogP contribution in [-0.4, -0.2) is 36.9 Å². The minimum absolute atomic E-state index is 0.141. The predicted molar refractivity (Wildman–Crippen MR) is 75.1 cm³/mol. The molecule has 0 radical (unpaired) electrons. The largest absolute Gasteiger partial charge is 0.289 e. The normalized spacial score (nSPS) is 22.9. The molecule has 0 N–H and O–H groups in total. The summed E-state index contributed by atoms with van der Waals surface area (Å²) < 4.78 is 40.0. The van der Waals surface area contributed by atoms with Crippen LogP contribution in [0, 0.1) is 15.5 Å². The van der Waals surface area contributed by atoms with Crippen LogP contribution in [-0.2, 0) is 10.0 Å². The van der Waals surface area contributed by atoms with Gasteiger partial charge in [-0.1, -0.05) is 26.0 Å². The highest BCUT2D eigenvalue weighted by Gasteiger charge is 2.40. The molecule has 116 valence electrons. The van der Waals surface area contributed by atoms with Crippen molar-refractivity contribution in [2.75, 3.05) is 13.1 Å². The number of hydrogen-bond acceptors (Lipinski definition) is 4. The zero-order chi connectivity index (χ0) is 15.8. The number of rotatable bonds is 3. The summed E-state index contributed by atoms with van der Waals surface area (Å²) in [7, 11) is -4.09. The van der Waals surface area contributed by atoms with Gasteiger partial charge in [-0.15, -0.1) is 0 Å². The molecule has 1 aromatic carbocycles. The molecule has 1 fully saturated rings. The van der Waals surface area contributed by atoms with Crippen LogP contribution >= 0.6 is 0 Å². The Labute approximate surface area is 122 Å². The monoisotopic (exact) mass is 316 g/mol. The fraction of sp³-hybridized carbons (Fsp3) is 0.538. The number of halogens is 1. The van der Waals surface area contributed by atoms with Crippen molar-refractivity contribution in [1.29, 1.82) is 0 Å². The molecule has 1 aliphatic rings. The van der Waals surface area contributed by atoms with Gasteiger partial charge in [0.05, 0.1) is 4.92 Å². The van der Waals surface area contributed by atoms with E-state index in [0.717, 1.165) is 10.4 Å². The van der Waals surface area contributed by atoms with E-state index in [4.69, 9.17) is 0 Å². The van der Waals surface area contributed by atoms with Crippen molar-refractivity contribution in [2.24, 2.45) is 5.41 Å². The second-order valence-electron chi connectivity index (χ2n) is 5.99. The van der Waals surface area contributed by atoms with Gasteiger partial charge in [-0.25, -0.2) is 12.8 Å². The molecule has 6 nitrogen and oxygen atoms in total. The molecule has 0 saturated carbocycles. The fourth-order valence-electron chi connectivity index (χ4n) is 2.64. The van der Waals surface area contributed by atoms with E-state index in [1.807, 2.05) is 0 Å². The first kappa shape index (κ1) is 15.8. The Bertz CT molecular complexity index is 660. The highest BCUT2D eigenvalue weighted by atomic mass is 32.2. The molecule has 1 heterocycles. The number of hydrogen-bond donors (Lipinski definition) is 0. The quantitative estimate of drug-likeness (QED) is 0.633. The maximum Gasteiger partial charge on any atom is 0.289 e. The number of nitrogens with zero attached hydrogens (tertiary/aromatic N) is 2. The topological polar surface area (TPSA) is 80.5 Å². The molecule has 2 rings (SSSR count). The van der Waals surface area contributed by atoms with Gasteiger partial charge < -0.3 is 0 Å². The van der Waals surface area contributed by atoms with Crippen molar-refractivity contribution in [3.63, 3.8) is 0 Å². The smallest absolute Gasteiger partial charge is 0.258 e. The summed E-state index contributed by atoms with van der Waals surface area (Å²) in [5.74, 6) is 0. The van der Waals surface area contributed by atoms with Crippen molar-refractivity contribution in [3.05, 3.63) is 34.4 Å². The zero-order valence-corrected chi connectivity index (χ0v) is 12.6. The van der Waals surface area contributed by atoms with Crippen molar-refractivity contribution in [1.82, 2.24) is 4.31 Å². The molecule has 0 aliphatic carbocycles. The molecule has 0 aromatic heterocycles. The second-order valence-corrected chi connectivity index (χ2v) is 7.89. The maximum absolute atomic E-state index is 13.8. The van der Waals surface area contributed by atoms with Crippen LogP contribution in [0.25, 0.3) is 0 Å².